The van der Waals surface area contributed by atoms with Crippen molar-refractivity contribution in [2.45, 2.75) is 52.5 Å². The molecule has 0 aliphatic heterocycles. The second-order valence-electron chi connectivity index (χ2n) is 6.92. The molecule has 3 N–H and O–H groups in total. The first-order valence-electron chi connectivity index (χ1n) is 7.90. The van der Waals surface area contributed by atoms with Crippen molar-refractivity contribution < 1.29 is 4.79 Å². The molecule has 0 fully saturated rings. The average Bonchev–Trinajstić information content (AvgIpc) is 2.43. The summed E-state index contributed by atoms with van der Waals surface area (Å²) in [5.41, 5.74) is 6.84. The van der Waals surface area contributed by atoms with E-state index in [2.05, 4.69) is 45.1 Å². The molecule has 1 aromatic rings. The first-order valence-corrected chi connectivity index (χ1v) is 7.90. The van der Waals surface area contributed by atoms with Gasteiger partial charge in [0.25, 0.3) is 0 Å². The van der Waals surface area contributed by atoms with Crippen LogP contribution in [0.25, 0.3) is 0 Å². The number of carbonyl (C=O) groups excluding carboxylic acids is 1. The van der Waals surface area contributed by atoms with E-state index in [1.54, 1.807) is 0 Å². The lowest BCUT2D eigenvalue weighted by molar-refractivity contribution is -0.126. The Morgan fingerprint density at radius 2 is 1.86 bits per heavy atom. The Kier molecular flexibility index (Phi) is 6.90. The summed E-state index contributed by atoms with van der Waals surface area (Å²) in [5.74, 6) is 0.488. The van der Waals surface area contributed by atoms with Gasteiger partial charge >= 0.3 is 0 Å². The maximum atomic E-state index is 12.3. The van der Waals surface area contributed by atoms with E-state index in [0.717, 1.165) is 19.3 Å². The molecule has 21 heavy (non-hydrogen) atoms. The van der Waals surface area contributed by atoms with Crippen LogP contribution >= 0.6 is 0 Å². The third-order valence-electron chi connectivity index (χ3n) is 3.75. The van der Waals surface area contributed by atoms with Gasteiger partial charge in [-0.15, -0.1) is 0 Å². The maximum absolute atomic E-state index is 12.3. The molecule has 0 bridgehead atoms. The van der Waals surface area contributed by atoms with Gasteiger partial charge in [0.05, 0.1) is 5.92 Å². The zero-order valence-corrected chi connectivity index (χ0v) is 13.9. The minimum atomic E-state index is -0.211. The first-order chi connectivity index (χ1) is 9.84. The first kappa shape index (κ1) is 17.7. The number of benzene rings is 1. The van der Waals surface area contributed by atoms with Crippen molar-refractivity contribution in [3.05, 3.63) is 35.9 Å². The van der Waals surface area contributed by atoms with Gasteiger partial charge in [-0.25, -0.2) is 0 Å². The topological polar surface area (TPSA) is 55.1 Å². The Bertz CT molecular complexity index is 426. The van der Waals surface area contributed by atoms with E-state index in [0.29, 0.717) is 12.5 Å². The molecule has 3 nitrogen and oxygen atoms in total. The molecular formula is C18H30N2O. The summed E-state index contributed by atoms with van der Waals surface area (Å²) in [7, 11) is 0. The van der Waals surface area contributed by atoms with Gasteiger partial charge in [-0.05, 0) is 44.6 Å². The van der Waals surface area contributed by atoms with Crippen LogP contribution in [0.4, 0.5) is 0 Å². The Hall–Kier alpha value is -1.35. The van der Waals surface area contributed by atoms with Crippen LogP contribution in [0.5, 0.6) is 0 Å². The molecule has 0 aliphatic rings. The smallest absolute Gasteiger partial charge is 0.224 e. The summed E-state index contributed by atoms with van der Waals surface area (Å²) >= 11 is 0. The molecule has 0 heterocycles. The molecule has 0 radical (unpaired) electrons. The fourth-order valence-corrected chi connectivity index (χ4v) is 2.48. The fourth-order valence-electron chi connectivity index (χ4n) is 2.48. The number of nitrogens with two attached hydrogens (primary N) is 1. The summed E-state index contributed by atoms with van der Waals surface area (Å²) in [6, 6.07) is 10.4. The maximum Gasteiger partial charge on any atom is 0.224 e. The molecule has 118 valence electrons. The molecule has 1 unspecified atom stereocenters. The Balaban J connectivity index is 2.52. The number of hydrogen-bond donors (Lipinski definition) is 2. The van der Waals surface area contributed by atoms with Crippen LogP contribution in [-0.2, 0) is 11.2 Å². The summed E-state index contributed by atoms with van der Waals surface area (Å²) in [6.07, 6.45) is 2.73. The van der Waals surface area contributed by atoms with Crippen molar-refractivity contribution in [1.82, 2.24) is 5.32 Å². The molecule has 1 amide bonds. The lowest BCUT2D eigenvalue weighted by Gasteiger charge is -2.29. The second-order valence-corrected chi connectivity index (χ2v) is 6.92. The van der Waals surface area contributed by atoms with Gasteiger partial charge in [0.2, 0.25) is 5.91 Å². The van der Waals surface area contributed by atoms with Crippen LogP contribution in [0.2, 0.25) is 0 Å². The van der Waals surface area contributed by atoms with E-state index >= 15 is 0 Å². The molecule has 1 atom stereocenters. The van der Waals surface area contributed by atoms with Crippen molar-refractivity contribution in [1.29, 1.82) is 0 Å². The third kappa shape index (κ3) is 6.76. The Morgan fingerprint density at radius 1 is 1.24 bits per heavy atom. The fraction of sp³-hybridized carbons (Fsp3) is 0.611. The monoisotopic (exact) mass is 290 g/mol. The minimum absolute atomic E-state index is 0.0824. The molecule has 0 saturated heterocycles. The lowest BCUT2D eigenvalue weighted by Crippen LogP contribution is -2.48. The highest BCUT2D eigenvalue weighted by atomic mass is 16.2. The molecule has 1 rings (SSSR count). The van der Waals surface area contributed by atoms with E-state index in [1.165, 1.54) is 5.56 Å². The highest BCUT2D eigenvalue weighted by Crippen LogP contribution is 2.16. The SMILES string of the molecule is CC(C)CC(CN)C(=O)NC(C)(C)CCc1ccccc1. The van der Waals surface area contributed by atoms with Crippen LogP contribution in [0, 0.1) is 11.8 Å². The van der Waals surface area contributed by atoms with Crippen LogP contribution < -0.4 is 11.1 Å². The van der Waals surface area contributed by atoms with Gasteiger partial charge in [0.1, 0.15) is 0 Å². The van der Waals surface area contributed by atoms with E-state index < -0.39 is 0 Å². The molecule has 0 aliphatic carbocycles. The van der Waals surface area contributed by atoms with E-state index in [-0.39, 0.29) is 17.4 Å². The summed E-state index contributed by atoms with van der Waals surface area (Å²) in [4.78, 5) is 12.3. The van der Waals surface area contributed by atoms with Gasteiger partial charge in [-0.3, -0.25) is 4.79 Å². The molecule has 3 heteroatoms. The van der Waals surface area contributed by atoms with E-state index in [9.17, 15) is 4.79 Å². The van der Waals surface area contributed by atoms with Gasteiger partial charge in [0, 0.05) is 12.1 Å². The highest BCUT2D eigenvalue weighted by Gasteiger charge is 2.25. The lowest BCUT2D eigenvalue weighted by atomic mass is 9.92. The Labute approximate surface area is 129 Å². The minimum Gasteiger partial charge on any atom is -0.351 e. The molecular weight excluding hydrogens is 260 g/mol. The molecule has 0 aromatic heterocycles. The number of carbonyl (C=O) groups is 1. The standard InChI is InChI=1S/C18H30N2O/c1-14(2)12-16(13-19)17(21)20-18(3,4)11-10-15-8-6-5-7-9-15/h5-9,14,16H,10-13,19H2,1-4H3,(H,20,21). The second kappa shape index (κ2) is 8.18. The summed E-state index contributed by atoms with van der Waals surface area (Å²) in [5, 5.41) is 3.16. The van der Waals surface area contributed by atoms with E-state index in [1.807, 2.05) is 18.2 Å². The Morgan fingerprint density at radius 3 is 2.38 bits per heavy atom. The normalized spacial score (nSPS) is 13.2. The van der Waals surface area contributed by atoms with Crippen LogP contribution in [0.1, 0.15) is 46.1 Å². The number of amides is 1. The summed E-state index contributed by atoms with van der Waals surface area (Å²) in [6.45, 7) is 8.82. The van der Waals surface area contributed by atoms with Crippen LogP contribution in [0.15, 0.2) is 30.3 Å². The predicted molar refractivity (Wildman–Crippen MR) is 89.0 cm³/mol. The van der Waals surface area contributed by atoms with Crippen LogP contribution in [-0.4, -0.2) is 18.0 Å². The third-order valence-corrected chi connectivity index (χ3v) is 3.75. The molecule has 1 aromatic carbocycles. The van der Waals surface area contributed by atoms with Crippen LogP contribution in [0.3, 0.4) is 0 Å². The largest absolute Gasteiger partial charge is 0.351 e. The van der Waals surface area contributed by atoms with Crippen molar-refractivity contribution in [2.24, 2.45) is 17.6 Å². The zero-order valence-electron chi connectivity index (χ0n) is 13.9. The van der Waals surface area contributed by atoms with Crippen molar-refractivity contribution in [3.63, 3.8) is 0 Å². The van der Waals surface area contributed by atoms with Crippen molar-refractivity contribution in [2.75, 3.05) is 6.54 Å². The number of aryl methyl sites for hydroxylation is 1. The molecule has 0 saturated carbocycles. The van der Waals surface area contributed by atoms with Crippen molar-refractivity contribution in [3.8, 4) is 0 Å². The van der Waals surface area contributed by atoms with Gasteiger partial charge in [-0.1, -0.05) is 44.2 Å². The number of nitrogens with one attached hydrogen (secondary N) is 1. The van der Waals surface area contributed by atoms with Gasteiger partial charge in [0.15, 0.2) is 0 Å². The number of rotatable bonds is 8. The van der Waals surface area contributed by atoms with Gasteiger partial charge in [-0.2, -0.15) is 0 Å². The average molecular weight is 290 g/mol. The quantitative estimate of drug-likeness (QED) is 0.773. The van der Waals surface area contributed by atoms with E-state index in [4.69, 9.17) is 5.73 Å². The molecule has 0 spiro atoms. The predicted octanol–water partition coefficient (Wildman–Crippen LogP) is 3.14. The van der Waals surface area contributed by atoms with Crippen molar-refractivity contribution >= 4 is 5.91 Å². The zero-order chi connectivity index (χ0) is 15.9. The van der Waals surface area contributed by atoms with Gasteiger partial charge < -0.3 is 11.1 Å². The number of hydrogen-bond acceptors (Lipinski definition) is 2. The summed E-state index contributed by atoms with van der Waals surface area (Å²) < 4.78 is 0. The highest BCUT2D eigenvalue weighted by molar-refractivity contribution is 5.79.